The Morgan fingerprint density at radius 2 is 1.83 bits per heavy atom. The predicted molar refractivity (Wildman–Crippen MR) is 115 cm³/mol. The van der Waals surface area contributed by atoms with Gasteiger partial charge in [0, 0.05) is 19.2 Å². The molecule has 0 saturated heterocycles. The molecule has 0 saturated carbocycles. The van der Waals surface area contributed by atoms with Crippen LogP contribution in [0.15, 0.2) is 54.6 Å². The molecule has 0 atom stereocenters. The van der Waals surface area contributed by atoms with Crippen LogP contribution in [0, 0.1) is 13.8 Å². The lowest BCUT2D eigenvalue weighted by Crippen LogP contribution is -2.31. The van der Waals surface area contributed by atoms with Crippen LogP contribution < -0.4 is 10.1 Å². The van der Waals surface area contributed by atoms with Crippen molar-refractivity contribution in [2.24, 2.45) is 0 Å². The second-order valence-electron chi connectivity index (χ2n) is 6.82. The van der Waals surface area contributed by atoms with Gasteiger partial charge in [-0.15, -0.1) is 0 Å². The molecule has 1 amide bonds. The van der Waals surface area contributed by atoms with Crippen molar-refractivity contribution in [2.45, 2.75) is 27.3 Å². The first kappa shape index (κ1) is 20.3. The third kappa shape index (κ3) is 5.10. The highest BCUT2D eigenvalue weighted by Crippen LogP contribution is 2.28. The van der Waals surface area contributed by atoms with E-state index in [1.807, 2.05) is 62.4 Å². The van der Waals surface area contributed by atoms with E-state index in [9.17, 15) is 4.79 Å². The molecule has 0 spiro atoms. The van der Waals surface area contributed by atoms with E-state index in [2.05, 4.69) is 15.3 Å². The minimum Gasteiger partial charge on any atom is -0.495 e. The van der Waals surface area contributed by atoms with Gasteiger partial charge in [0.1, 0.15) is 23.1 Å². The van der Waals surface area contributed by atoms with Crippen LogP contribution in [-0.2, 0) is 6.54 Å². The van der Waals surface area contributed by atoms with E-state index in [-0.39, 0.29) is 5.91 Å². The summed E-state index contributed by atoms with van der Waals surface area (Å²) in [7, 11) is 1.62. The molecular weight excluding hydrogens is 364 g/mol. The highest BCUT2D eigenvalue weighted by molar-refractivity contribution is 5.93. The summed E-state index contributed by atoms with van der Waals surface area (Å²) < 4.78 is 5.42. The van der Waals surface area contributed by atoms with Gasteiger partial charge in [-0.2, -0.15) is 0 Å². The van der Waals surface area contributed by atoms with E-state index < -0.39 is 0 Å². The van der Waals surface area contributed by atoms with E-state index in [1.54, 1.807) is 25.0 Å². The molecule has 0 bridgehead atoms. The highest BCUT2D eigenvalue weighted by Gasteiger charge is 2.18. The first-order valence-electron chi connectivity index (χ1n) is 9.60. The topological polar surface area (TPSA) is 67.4 Å². The molecule has 0 aliphatic rings. The summed E-state index contributed by atoms with van der Waals surface area (Å²) in [6, 6.07) is 17.5. The number of hydrogen-bond acceptors (Lipinski definition) is 5. The Kier molecular flexibility index (Phi) is 6.44. The number of amides is 1. The van der Waals surface area contributed by atoms with E-state index in [0.29, 0.717) is 36.2 Å². The molecule has 6 nitrogen and oxygen atoms in total. The Bertz CT molecular complexity index is 989. The maximum absolute atomic E-state index is 13.1. The molecule has 0 fully saturated rings. The van der Waals surface area contributed by atoms with Crippen molar-refractivity contribution in [3.05, 3.63) is 77.2 Å². The fraction of sp³-hybridized carbons (Fsp3) is 0.261. The smallest absolute Gasteiger partial charge is 0.272 e. The van der Waals surface area contributed by atoms with E-state index in [4.69, 9.17) is 4.74 Å². The first-order chi connectivity index (χ1) is 14.0. The summed E-state index contributed by atoms with van der Waals surface area (Å²) in [5, 5.41) is 3.26. The van der Waals surface area contributed by atoms with Gasteiger partial charge in [0.25, 0.3) is 5.91 Å². The van der Waals surface area contributed by atoms with Gasteiger partial charge in [-0.1, -0.05) is 36.4 Å². The molecule has 29 heavy (non-hydrogen) atoms. The van der Waals surface area contributed by atoms with Gasteiger partial charge < -0.3 is 15.0 Å². The molecular formula is C23H26N4O2. The van der Waals surface area contributed by atoms with Crippen LogP contribution in [0.2, 0.25) is 0 Å². The Hall–Kier alpha value is -3.41. The third-order valence-electron chi connectivity index (χ3n) is 4.56. The summed E-state index contributed by atoms with van der Waals surface area (Å²) >= 11 is 0. The van der Waals surface area contributed by atoms with Gasteiger partial charge in [0.2, 0.25) is 0 Å². The largest absolute Gasteiger partial charge is 0.495 e. The third-order valence-corrected chi connectivity index (χ3v) is 4.56. The van der Waals surface area contributed by atoms with Crippen molar-refractivity contribution in [3.63, 3.8) is 0 Å². The van der Waals surface area contributed by atoms with Crippen LogP contribution in [-0.4, -0.2) is 34.4 Å². The Balaban J connectivity index is 1.86. The highest BCUT2D eigenvalue weighted by atomic mass is 16.5. The van der Waals surface area contributed by atoms with Crippen molar-refractivity contribution in [1.29, 1.82) is 0 Å². The number of benzene rings is 2. The standard InChI is InChI=1S/C23H26N4O2/c1-5-27(15-18-9-7-6-8-10-18)23(28)20-14-22(25-17(3)24-20)26-19-13-16(2)11-12-21(19)29-4/h6-14H,5,15H2,1-4H3,(H,24,25,26). The average molecular weight is 390 g/mol. The lowest BCUT2D eigenvalue weighted by molar-refractivity contribution is 0.0746. The number of rotatable bonds is 7. The van der Waals surface area contributed by atoms with Crippen LogP contribution in [0.4, 0.5) is 11.5 Å². The van der Waals surface area contributed by atoms with Gasteiger partial charge in [0.15, 0.2) is 0 Å². The number of aromatic nitrogens is 2. The zero-order valence-corrected chi connectivity index (χ0v) is 17.3. The average Bonchev–Trinajstić information content (AvgIpc) is 2.72. The Morgan fingerprint density at radius 1 is 1.07 bits per heavy atom. The monoisotopic (exact) mass is 390 g/mol. The summed E-state index contributed by atoms with van der Waals surface area (Å²) in [5.74, 6) is 1.67. The van der Waals surface area contributed by atoms with Crippen LogP contribution in [0.25, 0.3) is 0 Å². The number of ether oxygens (including phenoxy) is 1. The van der Waals surface area contributed by atoms with E-state index in [0.717, 1.165) is 16.8 Å². The second kappa shape index (κ2) is 9.19. The quantitative estimate of drug-likeness (QED) is 0.643. The van der Waals surface area contributed by atoms with Crippen LogP contribution >= 0.6 is 0 Å². The van der Waals surface area contributed by atoms with Crippen molar-refractivity contribution >= 4 is 17.4 Å². The number of carbonyl (C=O) groups excluding carboxylic acids is 1. The van der Waals surface area contributed by atoms with Crippen LogP contribution in [0.3, 0.4) is 0 Å². The van der Waals surface area contributed by atoms with Gasteiger partial charge >= 0.3 is 0 Å². The van der Waals surface area contributed by atoms with Gasteiger partial charge in [-0.3, -0.25) is 4.79 Å². The molecule has 1 N–H and O–H groups in total. The number of aryl methyl sites for hydroxylation is 2. The predicted octanol–water partition coefficient (Wildman–Crippen LogP) is 4.51. The summed E-state index contributed by atoms with van der Waals surface area (Å²) in [6.07, 6.45) is 0. The zero-order valence-electron chi connectivity index (χ0n) is 17.3. The van der Waals surface area contributed by atoms with Crippen molar-refractivity contribution in [2.75, 3.05) is 19.0 Å². The van der Waals surface area contributed by atoms with Gasteiger partial charge in [-0.25, -0.2) is 9.97 Å². The molecule has 1 aromatic heterocycles. The molecule has 3 aromatic rings. The van der Waals surface area contributed by atoms with E-state index >= 15 is 0 Å². The molecule has 150 valence electrons. The molecule has 3 rings (SSSR count). The normalized spacial score (nSPS) is 10.5. The molecule has 2 aromatic carbocycles. The van der Waals surface area contributed by atoms with Crippen LogP contribution in [0.1, 0.15) is 34.4 Å². The first-order valence-corrected chi connectivity index (χ1v) is 9.60. The van der Waals surface area contributed by atoms with Crippen LogP contribution in [0.5, 0.6) is 5.75 Å². The maximum Gasteiger partial charge on any atom is 0.272 e. The fourth-order valence-corrected chi connectivity index (χ4v) is 3.09. The number of anilines is 2. The number of carbonyl (C=O) groups is 1. The summed E-state index contributed by atoms with van der Waals surface area (Å²) in [4.78, 5) is 23.7. The molecule has 0 aliphatic heterocycles. The summed E-state index contributed by atoms with van der Waals surface area (Å²) in [5.41, 5.74) is 3.33. The number of methoxy groups -OCH3 is 1. The molecule has 1 heterocycles. The number of nitrogens with zero attached hydrogens (tertiary/aromatic N) is 3. The SMILES string of the molecule is CCN(Cc1ccccc1)C(=O)c1cc(Nc2cc(C)ccc2OC)nc(C)n1. The van der Waals surface area contributed by atoms with Crippen molar-refractivity contribution < 1.29 is 9.53 Å². The van der Waals surface area contributed by atoms with E-state index in [1.165, 1.54) is 0 Å². The molecule has 0 unspecified atom stereocenters. The molecule has 6 heteroatoms. The minimum atomic E-state index is -0.124. The Labute approximate surface area is 171 Å². The molecule has 0 aliphatic carbocycles. The maximum atomic E-state index is 13.1. The Morgan fingerprint density at radius 3 is 2.52 bits per heavy atom. The minimum absolute atomic E-state index is 0.124. The molecule has 0 radical (unpaired) electrons. The summed E-state index contributed by atoms with van der Waals surface area (Å²) in [6.45, 7) is 6.88. The number of nitrogens with one attached hydrogen (secondary N) is 1. The van der Waals surface area contributed by atoms with Gasteiger partial charge in [0.05, 0.1) is 12.8 Å². The number of hydrogen-bond donors (Lipinski definition) is 1. The zero-order chi connectivity index (χ0) is 20.8. The fourth-order valence-electron chi connectivity index (χ4n) is 3.09. The van der Waals surface area contributed by atoms with Crippen molar-refractivity contribution in [1.82, 2.24) is 14.9 Å². The lowest BCUT2D eigenvalue weighted by atomic mass is 10.2. The van der Waals surface area contributed by atoms with Crippen molar-refractivity contribution in [3.8, 4) is 5.75 Å². The van der Waals surface area contributed by atoms with Gasteiger partial charge in [-0.05, 0) is 44.0 Å². The lowest BCUT2D eigenvalue weighted by Gasteiger charge is -2.21. The second-order valence-corrected chi connectivity index (χ2v) is 6.82.